The maximum atomic E-state index is 12.7. The summed E-state index contributed by atoms with van der Waals surface area (Å²) in [4.78, 5) is 14.4. The minimum Gasteiger partial charge on any atom is -0.358 e. The van der Waals surface area contributed by atoms with Gasteiger partial charge in [-0.3, -0.25) is 4.79 Å². The van der Waals surface area contributed by atoms with Crippen LogP contribution in [0.1, 0.15) is 34.1 Å². The van der Waals surface area contributed by atoms with Crippen LogP contribution in [0.25, 0.3) is 0 Å². The Labute approximate surface area is 151 Å². The molecule has 0 unspecified atom stereocenters. The Morgan fingerprint density at radius 2 is 2.12 bits per heavy atom. The lowest BCUT2D eigenvalue weighted by Gasteiger charge is -2.29. The summed E-state index contributed by atoms with van der Waals surface area (Å²) in [5.74, 6) is 0.202. The van der Waals surface area contributed by atoms with E-state index in [2.05, 4.69) is 15.5 Å². The number of nitrogens with zero attached hydrogens (tertiary/aromatic N) is 3. The van der Waals surface area contributed by atoms with Crippen LogP contribution in [-0.4, -0.2) is 64.8 Å². The summed E-state index contributed by atoms with van der Waals surface area (Å²) < 4.78 is 24.1. The van der Waals surface area contributed by atoms with Crippen molar-refractivity contribution >= 4 is 44.0 Å². The van der Waals surface area contributed by atoms with Crippen LogP contribution in [-0.2, 0) is 14.6 Å². The van der Waals surface area contributed by atoms with Crippen LogP contribution in [0, 0.1) is 0 Å². The summed E-state index contributed by atoms with van der Waals surface area (Å²) in [5, 5.41) is 11.8. The highest BCUT2D eigenvalue weighted by molar-refractivity contribution is 8.02. The number of aromatic nitrogens is 2. The molecule has 24 heavy (non-hydrogen) atoms. The van der Waals surface area contributed by atoms with Gasteiger partial charge in [0.25, 0.3) is 0 Å². The zero-order valence-electron chi connectivity index (χ0n) is 14.4. The van der Waals surface area contributed by atoms with Crippen LogP contribution in [0.2, 0.25) is 0 Å². The Bertz CT molecular complexity index is 675. The molecule has 0 aromatic carbocycles. The van der Waals surface area contributed by atoms with E-state index in [4.69, 9.17) is 0 Å². The minimum absolute atomic E-state index is 0.0434. The second-order valence-electron chi connectivity index (χ2n) is 6.11. The molecule has 1 amide bonds. The molecular weight excluding hydrogens is 368 g/mol. The van der Waals surface area contributed by atoms with Gasteiger partial charge in [-0.1, -0.05) is 23.1 Å². The molecule has 0 aliphatic carbocycles. The standard InChI is InChI=1S/C14H24N4O3S3/c1-5-18(11-6-7-24(20,21)8-11)12(19)10(4)22-14-17-16-13(23-14)15-9(2)3/h9-11H,5-8H2,1-4H3,(H,15,16)/t10-,11+/m0/s1. The highest BCUT2D eigenvalue weighted by Crippen LogP contribution is 2.31. The molecule has 1 N–H and O–H groups in total. The van der Waals surface area contributed by atoms with E-state index in [1.807, 2.05) is 27.7 Å². The van der Waals surface area contributed by atoms with Crippen LogP contribution in [0.15, 0.2) is 4.34 Å². The monoisotopic (exact) mass is 392 g/mol. The van der Waals surface area contributed by atoms with Crippen molar-refractivity contribution in [2.45, 2.75) is 55.8 Å². The lowest BCUT2D eigenvalue weighted by atomic mass is 10.2. The molecule has 0 spiro atoms. The second kappa shape index (κ2) is 8.01. The van der Waals surface area contributed by atoms with Gasteiger partial charge in [0, 0.05) is 18.6 Å². The molecule has 0 radical (unpaired) electrons. The van der Waals surface area contributed by atoms with Crippen LogP contribution < -0.4 is 5.32 Å². The van der Waals surface area contributed by atoms with Gasteiger partial charge in [0.2, 0.25) is 11.0 Å². The van der Waals surface area contributed by atoms with Crippen LogP contribution in [0.5, 0.6) is 0 Å². The lowest BCUT2D eigenvalue weighted by molar-refractivity contribution is -0.131. The molecule has 2 rings (SSSR count). The minimum atomic E-state index is -3.01. The summed E-state index contributed by atoms with van der Waals surface area (Å²) in [6.45, 7) is 8.27. The van der Waals surface area contributed by atoms with Gasteiger partial charge in [-0.05, 0) is 34.1 Å². The predicted molar refractivity (Wildman–Crippen MR) is 98.4 cm³/mol. The average Bonchev–Trinajstić information content (AvgIpc) is 3.05. The molecule has 1 fully saturated rings. The lowest BCUT2D eigenvalue weighted by Crippen LogP contribution is -2.44. The zero-order valence-corrected chi connectivity index (χ0v) is 16.8. The number of sulfone groups is 1. The molecule has 0 saturated carbocycles. The number of carbonyl (C=O) groups excluding carboxylic acids is 1. The maximum Gasteiger partial charge on any atom is 0.236 e. The van der Waals surface area contributed by atoms with Gasteiger partial charge in [0.1, 0.15) is 0 Å². The molecule has 1 aliphatic rings. The van der Waals surface area contributed by atoms with Crippen molar-refractivity contribution in [3.8, 4) is 0 Å². The number of nitrogens with one attached hydrogen (secondary N) is 1. The molecule has 10 heteroatoms. The Hall–Kier alpha value is -0.870. The molecule has 0 bridgehead atoms. The van der Waals surface area contributed by atoms with E-state index in [-0.39, 0.29) is 34.7 Å². The SMILES string of the molecule is CCN(C(=O)[C@H](C)Sc1nnc(NC(C)C)s1)[C@@H]1CCS(=O)(=O)C1. The predicted octanol–water partition coefficient (Wildman–Crippen LogP) is 1.87. The number of anilines is 1. The Balaban J connectivity index is 1.98. The third-order valence-corrected chi connectivity index (χ3v) is 7.49. The molecular formula is C14H24N4O3S3. The first-order valence-electron chi connectivity index (χ1n) is 7.99. The third kappa shape index (κ3) is 5.06. The largest absolute Gasteiger partial charge is 0.358 e. The van der Waals surface area contributed by atoms with Crippen molar-refractivity contribution in [2.75, 3.05) is 23.4 Å². The fourth-order valence-electron chi connectivity index (χ4n) is 2.61. The van der Waals surface area contributed by atoms with Crippen molar-refractivity contribution in [3.05, 3.63) is 0 Å². The van der Waals surface area contributed by atoms with Crippen molar-refractivity contribution < 1.29 is 13.2 Å². The Morgan fingerprint density at radius 1 is 1.42 bits per heavy atom. The van der Waals surface area contributed by atoms with E-state index in [9.17, 15) is 13.2 Å². The number of carbonyl (C=O) groups is 1. The quantitative estimate of drug-likeness (QED) is 0.708. The van der Waals surface area contributed by atoms with Gasteiger partial charge in [-0.2, -0.15) is 0 Å². The zero-order chi connectivity index (χ0) is 17.9. The van der Waals surface area contributed by atoms with Gasteiger partial charge < -0.3 is 10.2 Å². The summed E-state index contributed by atoms with van der Waals surface area (Å²) >= 11 is 2.79. The number of thioether (sulfide) groups is 1. The van der Waals surface area contributed by atoms with E-state index in [1.54, 1.807) is 4.90 Å². The van der Waals surface area contributed by atoms with Gasteiger partial charge >= 0.3 is 0 Å². The van der Waals surface area contributed by atoms with Crippen LogP contribution >= 0.6 is 23.1 Å². The van der Waals surface area contributed by atoms with E-state index in [0.29, 0.717) is 13.0 Å². The summed E-state index contributed by atoms with van der Waals surface area (Å²) in [6.07, 6.45) is 0.528. The van der Waals surface area contributed by atoms with Gasteiger partial charge in [-0.15, -0.1) is 10.2 Å². The summed E-state index contributed by atoms with van der Waals surface area (Å²) in [5.41, 5.74) is 0. The van der Waals surface area contributed by atoms with Crippen LogP contribution in [0.4, 0.5) is 5.13 Å². The van der Waals surface area contributed by atoms with Crippen molar-refractivity contribution in [1.82, 2.24) is 15.1 Å². The smallest absolute Gasteiger partial charge is 0.236 e. The Kier molecular flexibility index (Phi) is 6.49. The molecule has 1 aromatic rings. The number of rotatable bonds is 7. The second-order valence-corrected chi connectivity index (χ2v) is 10.9. The molecule has 1 saturated heterocycles. The molecule has 7 nitrogen and oxygen atoms in total. The number of hydrogen-bond donors (Lipinski definition) is 1. The van der Waals surface area contributed by atoms with Crippen LogP contribution in [0.3, 0.4) is 0 Å². The third-order valence-electron chi connectivity index (χ3n) is 3.72. The van der Waals surface area contributed by atoms with Crippen molar-refractivity contribution in [2.24, 2.45) is 0 Å². The number of amides is 1. The Morgan fingerprint density at radius 3 is 2.67 bits per heavy atom. The molecule has 2 heterocycles. The van der Waals surface area contributed by atoms with E-state index >= 15 is 0 Å². The normalized spacial score (nSPS) is 21.0. The first-order chi connectivity index (χ1) is 11.2. The first-order valence-corrected chi connectivity index (χ1v) is 11.5. The number of hydrogen-bond acceptors (Lipinski definition) is 8. The van der Waals surface area contributed by atoms with Crippen molar-refractivity contribution in [3.63, 3.8) is 0 Å². The van der Waals surface area contributed by atoms with E-state index < -0.39 is 9.84 Å². The molecule has 2 atom stereocenters. The van der Waals surface area contributed by atoms with Gasteiger partial charge in [0.15, 0.2) is 14.2 Å². The van der Waals surface area contributed by atoms with Crippen molar-refractivity contribution in [1.29, 1.82) is 0 Å². The van der Waals surface area contributed by atoms with Gasteiger partial charge in [-0.25, -0.2) is 8.42 Å². The fraction of sp³-hybridized carbons (Fsp3) is 0.786. The maximum absolute atomic E-state index is 12.7. The van der Waals surface area contributed by atoms with E-state index in [1.165, 1.54) is 23.1 Å². The summed E-state index contributed by atoms with van der Waals surface area (Å²) in [7, 11) is -3.01. The average molecular weight is 393 g/mol. The summed E-state index contributed by atoms with van der Waals surface area (Å²) in [6, 6.07) is 0.0675. The molecule has 1 aromatic heterocycles. The highest BCUT2D eigenvalue weighted by atomic mass is 32.2. The highest BCUT2D eigenvalue weighted by Gasteiger charge is 2.35. The van der Waals surface area contributed by atoms with Gasteiger partial charge in [0.05, 0.1) is 16.8 Å². The fourth-order valence-corrected chi connectivity index (χ4v) is 6.46. The first kappa shape index (κ1) is 19.5. The van der Waals surface area contributed by atoms with E-state index in [0.717, 1.165) is 9.47 Å². The molecule has 1 aliphatic heterocycles. The topological polar surface area (TPSA) is 92.3 Å². The molecule has 136 valence electrons.